The summed E-state index contributed by atoms with van der Waals surface area (Å²) in [5.74, 6) is 0.102. The predicted octanol–water partition coefficient (Wildman–Crippen LogP) is -0.548. The Kier molecular flexibility index (Phi) is 6.48. The lowest BCUT2D eigenvalue weighted by Gasteiger charge is -2.20. The Labute approximate surface area is 96.6 Å². The van der Waals surface area contributed by atoms with E-state index in [0.717, 1.165) is 0 Å². The molecule has 0 radical (unpaired) electrons. The third kappa shape index (κ3) is 9.26. The van der Waals surface area contributed by atoms with Crippen molar-refractivity contribution in [1.82, 2.24) is 10.6 Å². The highest BCUT2D eigenvalue weighted by atomic mass is 16.5. The van der Waals surface area contributed by atoms with Crippen molar-refractivity contribution in [1.29, 1.82) is 0 Å². The number of carbonyl (C=O) groups excluding carboxylic acids is 1. The molecule has 0 aliphatic carbocycles. The molecule has 0 rings (SSSR count). The highest BCUT2D eigenvalue weighted by Crippen LogP contribution is 1.96. The smallest absolute Gasteiger partial charge is 0.241 e. The Bertz CT molecular complexity index is 246. The highest BCUT2D eigenvalue weighted by Gasteiger charge is 2.09. The Hall–Kier alpha value is -1.30. The summed E-state index contributed by atoms with van der Waals surface area (Å²) in [4.78, 5) is 15.1. The number of aliphatic imine (C=N–C) groups is 1. The summed E-state index contributed by atoms with van der Waals surface area (Å²) in [5, 5.41) is 5.61. The van der Waals surface area contributed by atoms with Crippen LogP contribution in [0.25, 0.3) is 0 Å². The molecule has 0 unspecified atom stereocenters. The zero-order chi connectivity index (χ0) is 12.6. The normalized spacial score (nSPS) is 12.4. The molecule has 16 heavy (non-hydrogen) atoms. The fraction of sp³-hybridized carbons (Fsp3) is 0.800. The lowest BCUT2D eigenvalue weighted by atomic mass is 10.1. The van der Waals surface area contributed by atoms with Crippen molar-refractivity contribution in [3.8, 4) is 0 Å². The van der Waals surface area contributed by atoms with Crippen LogP contribution in [-0.2, 0) is 9.53 Å². The second-order valence-electron chi connectivity index (χ2n) is 4.42. The summed E-state index contributed by atoms with van der Waals surface area (Å²) in [7, 11) is 1.58. The molecule has 4 N–H and O–H groups in total. The second kappa shape index (κ2) is 7.05. The molecule has 0 aromatic heterocycles. The van der Waals surface area contributed by atoms with Gasteiger partial charge in [0, 0.05) is 19.2 Å². The summed E-state index contributed by atoms with van der Waals surface area (Å²) in [6, 6.07) is 0. The average Bonchev–Trinajstić information content (AvgIpc) is 2.12. The molecule has 0 aromatic rings. The minimum absolute atomic E-state index is 0.0264. The first-order chi connectivity index (χ1) is 7.35. The number of hydrogen-bond donors (Lipinski definition) is 3. The Balaban J connectivity index is 3.84. The van der Waals surface area contributed by atoms with E-state index in [1.807, 2.05) is 20.8 Å². The number of ether oxygens (including phenoxy) is 1. The van der Waals surface area contributed by atoms with E-state index in [4.69, 9.17) is 10.5 Å². The molecule has 0 saturated heterocycles. The van der Waals surface area contributed by atoms with Gasteiger partial charge in [0.1, 0.15) is 6.54 Å². The number of nitrogens with one attached hydrogen (secondary N) is 2. The number of carbonyl (C=O) groups is 1. The minimum Gasteiger partial charge on any atom is -0.383 e. The van der Waals surface area contributed by atoms with Crippen LogP contribution in [-0.4, -0.2) is 44.2 Å². The first-order valence-electron chi connectivity index (χ1n) is 5.19. The van der Waals surface area contributed by atoms with Crippen LogP contribution in [0.1, 0.15) is 20.8 Å². The van der Waals surface area contributed by atoms with Crippen molar-refractivity contribution < 1.29 is 9.53 Å². The Morgan fingerprint density at radius 2 is 2.06 bits per heavy atom. The second-order valence-corrected chi connectivity index (χ2v) is 4.42. The van der Waals surface area contributed by atoms with Crippen molar-refractivity contribution in [2.24, 2.45) is 10.7 Å². The quantitative estimate of drug-likeness (QED) is 0.336. The van der Waals surface area contributed by atoms with Gasteiger partial charge >= 0.3 is 0 Å². The van der Waals surface area contributed by atoms with Gasteiger partial charge in [0.15, 0.2) is 5.96 Å². The molecule has 0 heterocycles. The van der Waals surface area contributed by atoms with E-state index in [1.54, 1.807) is 7.11 Å². The largest absolute Gasteiger partial charge is 0.383 e. The molecule has 0 bridgehead atoms. The lowest BCUT2D eigenvalue weighted by molar-refractivity contribution is -0.119. The number of hydrogen-bond acceptors (Lipinski definition) is 3. The van der Waals surface area contributed by atoms with Crippen molar-refractivity contribution in [2.45, 2.75) is 26.3 Å². The van der Waals surface area contributed by atoms with Gasteiger partial charge in [-0.05, 0) is 20.8 Å². The van der Waals surface area contributed by atoms with Crippen LogP contribution >= 0.6 is 0 Å². The van der Waals surface area contributed by atoms with Gasteiger partial charge in [-0.3, -0.25) is 4.79 Å². The van der Waals surface area contributed by atoms with E-state index in [0.29, 0.717) is 13.2 Å². The first-order valence-corrected chi connectivity index (χ1v) is 5.19. The van der Waals surface area contributed by atoms with Crippen LogP contribution in [0.5, 0.6) is 0 Å². The molecular weight excluding hydrogens is 208 g/mol. The van der Waals surface area contributed by atoms with Gasteiger partial charge in [-0.2, -0.15) is 0 Å². The van der Waals surface area contributed by atoms with E-state index >= 15 is 0 Å². The fourth-order valence-corrected chi connectivity index (χ4v) is 0.929. The molecule has 0 spiro atoms. The van der Waals surface area contributed by atoms with Gasteiger partial charge < -0.3 is 21.1 Å². The highest BCUT2D eigenvalue weighted by molar-refractivity contribution is 5.84. The molecular formula is C10H22N4O2. The Morgan fingerprint density at radius 3 is 2.56 bits per heavy atom. The molecule has 0 aliphatic rings. The number of guanidine groups is 1. The van der Waals surface area contributed by atoms with Gasteiger partial charge in [0.2, 0.25) is 5.91 Å². The van der Waals surface area contributed by atoms with Crippen molar-refractivity contribution >= 4 is 11.9 Å². The van der Waals surface area contributed by atoms with Crippen LogP contribution in [0.3, 0.4) is 0 Å². The maximum Gasteiger partial charge on any atom is 0.241 e. The topological polar surface area (TPSA) is 88.7 Å². The summed E-state index contributed by atoms with van der Waals surface area (Å²) in [5.41, 5.74) is 5.44. The summed E-state index contributed by atoms with van der Waals surface area (Å²) in [6.07, 6.45) is 0. The van der Waals surface area contributed by atoms with E-state index < -0.39 is 0 Å². The third-order valence-electron chi connectivity index (χ3n) is 1.52. The molecule has 0 aromatic carbocycles. The van der Waals surface area contributed by atoms with E-state index in [2.05, 4.69) is 15.6 Å². The molecule has 0 aliphatic heterocycles. The first kappa shape index (κ1) is 14.7. The van der Waals surface area contributed by atoms with Gasteiger partial charge in [0.25, 0.3) is 0 Å². The van der Waals surface area contributed by atoms with Gasteiger partial charge in [-0.25, -0.2) is 4.99 Å². The number of rotatable bonds is 5. The molecule has 1 amide bonds. The predicted molar refractivity (Wildman–Crippen MR) is 64.3 cm³/mol. The number of methoxy groups -OCH3 is 1. The van der Waals surface area contributed by atoms with Crippen LogP contribution in [0.15, 0.2) is 4.99 Å². The Morgan fingerprint density at radius 1 is 1.44 bits per heavy atom. The molecule has 6 heteroatoms. The average molecular weight is 230 g/mol. The van der Waals surface area contributed by atoms with Crippen LogP contribution < -0.4 is 16.4 Å². The van der Waals surface area contributed by atoms with Gasteiger partial charge in [0.05, 0.1) is 6.61 Å². The number of nitrogens with zero attached hydrogens (tertiary/aromatic N) is 1. The molecule has 0 atom stereocenters. The van der Waals surface area contributed by atoms with Crippen molar-refractivity contribution in [2.75, 3.05) is 26.8 Å². The van der Waals surface area contributed by atoms with Gasteiger partial charge in [-0.1, -0.05) is 0 Å². The monoisotopic (exact) mass is 230 g/mol. The van der Waals surface area contributed by atoms with Crippen LogP contribution in [0.4, 0.5) is 0 Å². The van der Waals surface area contributed by atoms with Crippen molar-refractivity contribution in [3.63, 3.8) is 0 Å². The van der Waals surface area contributed by atoms with E-state index in [9.17, 15) is 4.79 Å². The zero-order valence-corrected chi connectivity index (χ0v) is 10.5. The third-order valence-corrected chi connectivity index (χ3v) is 1.52. The minimum atomic E-state index is -0.171. The zero-order valence-electron chi connectivity index (χ0n) is 10.5. The maximum absolute atomic E-state index is 11.2. The summed E-state index contributed by atoms with van der Waals surface area (Å²) < 4.78 is 4.80. The van der Waals surface area contributed by atoms with Crippen molar-refractivity contribution in [3.05, 3.63) is 0 Å². The SMILES string of the molecule is COCCNC(=O)CN=C(N)NC(C)(C)C. The van der Waals surface area contributed by atoms with E-state index in [-0.39, 0.29) is 24.0 Å². The van der Waals surface area contributed by atoms with Crippen LogP contribution in [0, 0.1) is 0 Å². The molecule has 0 fully saturated rings. The summed E-state index contributed by atoms with van der Waals surface area (Å²) >= 11 is 0. The maximum atomic E-state index is 11.2. The molecule has 0 saturated carbocycles. The van der Waals surface area contributed by atoms with Gasteiger partial charge in [-0.15, -0.1) is 0 Å². The number of nitrogens with two attached hydrogens (primary N) is 1. The van der Waals surface area contributed by atoms with E-state index in [1.165, 1.54) is 0 Å². The van der Waals surface area contributed by atoms with Crippen LogP contribution in [0.2, 0.25) is 0 Å². The standard InChI is InChI=1S/C10H22N4O2/c1-10(2,3)14-9(11)13-7-8(15)12-5-6-16-4/h5-7H2,1-4H3,(H,12,15)(H3,11,13,14). The lowest BCUT2D eigenvalue weighted by Crippen LogP contribution is -2.45. The molecule has 94 valence electrons. The molecule has 6 nitrogen and oxygen atoms in total. The fourth-order valence-electron chi connectivity index (χ4n) is 0.929. The number of amides is 1. The summed E-state index contributed by atoms with van der Waals surface area (Å²) in [6.45, 7) is 6.90.